The molecule has 0 amide bonds. The molecule has 0 spiro atoms. The highest BCUT2D eigenvalue weighted by atomic mass is 16.6. The van der Waals surface area contributed by atoms with E-state index in [4.69, 9.17) is 14.6 Å². The SMILES string of the molecule is O=C(O)C1(CCCOCCC2CCCCCCCC2)CO1. The monoisotopic (exact) mass is 298 g/mol. The predicted molar refractivity (Wildman–Crippen MR) is 81.4 cm³/mol. The van der Waals surface area contributed by atoms with Gasteiger partial charge in [-0.25, -0.2) is 4.79 Å². The van der Waals surface area contributed by atoms with Gasteiger partial charge in [0.15, 0.2) is 5.60 Å². The molecule has 0 aromatic carbocycles. The van der Waals surface area contributed by atoms with Gasteiger partial charge >= 0.3 is 5.97 Å². The van der Waals surface area contributed by atoms with Crippen LogP contribution in [0.2, 0.25) is 0 Å². The van der Waals surface area contributed by atoms with E-state index in [1.54, 1.807) is 0 Å². The maximum Gasteiger partial charge on any atom is 0.338 e. The highest BCUT2D eigenvalue weighted by Gasteiger charge is 2.51. The molecule has 1 heterocycles. The zero-order chi connectivity index (χ0) is 15.0. The lowest BCUT2D eigenvalue weighted by Crippen LogP contribution is -2.24. The van der Waals surface area contributed by atoms with Gasteiger partial charge in [-0.15, -0.1) is 0 Å². The standard InChI is InChI=1S/C17H30O4/c18-16(19)17(14-21-17)11-7-12-20-13-10-15-8-5-3-1-2-4-6-9-15/h15H,1-14H2,(H,18,19). The summed E-state index contributed by atoms with van der Waals surface area (Å²) < 4.78 is 10.7. The highest BCUT2D eigenvalue weighted by Crippen LogP contribution is 2.32. The second-order valence-electron chi connectivity index (χ2n) is 6.66. The van der Waals surface area contributed by atoms with Gasteiger partial charge < -0.3 is 14.6 Å². The summed E-state index contributed by atoms with van der Waals surface area (Å²) in [4.78, 5) is 10.9. The normalized spacial score (nSPS) is 27.6. The molecular formula is C17H30O4. The van der Waals surface area contributed by atoms with Gasteiger partial charge in [-0.1, -0.05) is 51.4 Å². The smallest absolute Gasteiger partial charge is 0.338 e. The lowest BCUT2D eigenvalue weighted by molar-refractivity contribution is -0.143. The molecule has 0 aromatic heterocycles. The lowest BCUT2D eigenvalue weighted by Gasteiger charge is -2.15. The number of hydrogen-bond donors (Lipinski definition) is 1. The Morgan fingerprint density at radius 1 is 1.10 bits per heavy atom. The Hall–Kier alpha value is -0.610. The van der Waals surface area contributed by atoms with Gasteiger partial charge in [-0.05, 0) is 25.2 Å². The average Bonchev–Trinajstić information content (AvgIpc) is 3.23. The molecule has 4 nitrogen and oxygen atoms in total. The molecule has 0 radical (unpaired) electrons. The summed E-state index contributed by atoms with van der Waals surface area (Å²) in [5.41, 5.74) is -0.874. The van der Waals surface area contributed by atoms with Crippen LogP contribution < -0.4 is 0 Å². The van der Waals surface area contributed by atoms with Gasteiger partial charge in [0.05, 0.1) is 6.61 Å². The number of carboxylic acids is 1. The zero-order valence-corrected chi connectivity index (χ0v) is 13.1. The number of aliphatic carboxylic acids is 1. The van der Waals surface area contributed by atoms with Crippen molar-refractivity contribution in [2.24, 2.45) is 5.92 Å². The van der Waals surface area contributed by atoms with E-state index in [2.05, 4.69) is 0 Å². The molecule has 1 aliphatic heterocycles. The molecule has 2 rings (SSSR count). The van der Waals surface area contributed by atoms with E-state index in [0.717, 1.165) is 18.9 Å². The Bertz CT molecular complexity index is 302. The Morgan fingerprint density at radius 3 is 2.29 bits per heavy atom. The second-order valence-corrected chi connectivity index (χ2v) is 6.66. The third kappa shape index (κ3) is 5.95. The Labute approximate surface area is 128 Å². The van der Waals surface area contributed by atoms with Crippen molar-refractivity contribution in [1.29, 1.82) is 0 Å². The Kier molecular flexibility index (Phi) is 6.97. The van der Waals surface area contributed by atoms with E-state index >= 15 is 0 Å². The zero-order valence-electron chi connectivity index (χ0n) is 13.1. The third-order valence-corrected chi connectivity index (χ3v) is 4.90. The van der Waals surface area contributed by atoms with Crippen LogP contribution in [0.1, 0.15) is 70.6 Å². The second kappa shape index (κ2) is 8.74. The maximum atomic E-state index is 10.9. The first kappa shape index (κ1) is 16.8. The van der Waals surface area contributed by atoms with Crippen molar-refractivity contribution >= 4 is 5.97 Å². The fourth-order valence-corrected chi connectivity index (χ4v) is 3.28. The summed E-state index contributed by atoms with van der Waals surface area (Å²) in [7, 11) is 0. The van der Waals surface area contributed by atoms with Gasteiger partial charge in [0.25, 0.3) is 0 Å². The van der Waals surface area contributed by atoms with E-state index in [0.29, 0.717) is 19.6 Å². The minimum absolute atomic E-state index is 0.365. The van der Waals surface area contributed by atoms with Gasteiger partial charge in [-0.3, -0.25) is 0 Å². The first-order valence-electron chi connectivity index (χ1n) is 8.68. The van der Waals surface area contributed by atoms with Crippen LogP contribution in [0.5, 0.6) is 0 Å². The van der Waals surface area contributed by atoms with Crippen LogP contribution in [0, 0.1) is 5.92 Å². The molecule has 1 N–H and O–H groups in total. The summed E-state index contributed by atoms with van der Waals surface area (Å²) in [6.45, 7) is 1.85. The van der Waals surface area contributed by atoms with Crippen LogP contribution in [-0.4, -0.2) is 36.5 Å². The average molecular weight is 298 g/mol. The minimum atomic E-state index is -0.874. The van der Waals surface area contributed by atoms with Gasteiger partial charge in [0.2, 0.25) is 0 Å². The number of epoxide rings is 1. The van der Waals surface area contributed by atoms with Crippen molar-refractivity contribution in [2.45, 2.75) is 76.2 Å². The Balaban J connectivity index is 1.49. The molecule has 21 heavy (non-hydrogen) atoms. The molecule has 122 valence electrons. The quantitative estimate of drug-likeness (QED) is 0.547. The lowest BCUT2D eigenvalue weighted by atomic mass is 9.94. The topological polar surface area (TPSA) is 59.1 Å². The van der Waals surface area contributed by atoms with Crippen LogP contribution in [0.3, 0.4) is 0 Å². The summed E-state index contributed by atoms with van der Waals surface area (Å²) in [6.07, 6.45) is 13.6. The molecule has 1 atom stereocenters. The van der Waals surface area contributed by atoms with Crippen molar-refractivity contribution in [3.05, 3.63) is 0 Å². The van der Waals surface area contributed by atoms with E-state index in [1.165, 1.54) is 57.8 Å². The van der Waals surface area contributed by atoms with Gasteiger partial charge in [0.1, 0.15) is 0 Å². The molecule has 0 bridgehead atoms. The fraction of sp³-hybridized carbons (Fsp3) is 0.941. The number of carboxylic acid groups (broad SMARTS) is 1. The number of carbonyl (C=O) groups is 1. The summed E-state index contributed by atoms with van der Waals surface area (Å²) in [5, 5.41) is 8.98. The largest absolute Gasteiger partial charge is 0.479 e. The van der Waals surface area contributed by atoms with Crippen molar-refractivity contribution in [1.82, 2.24) is 0 Å². The molecule has 2 aliphatic rings. The van der Waals surface area contributed by atoms with E-state index in [1.807, 2.05) is 0 Å². The minimum Gasteiger partial charge on any atom is -0.479 e. The third-order valence-electron chi connectivity index (χ3n) is 4.90. The van der Waals surface area contributed by atoms with Crippen molar-refractivity contribution in [3.8, 4) is 0 Å². The number of rotatable bonds is 8. The molecule has 1 saturated carbocycles. The summed E-state index contributed by atoms with van der Waals surface area (Å²) >= 11 is 0. The van der Waals surface area contributed by atoms with Gasteiger partial charge in [-0.2, -0.15) is 0 Å². The van der Waals surface area contributed by atoms with Crippen LogP contribution in [0.15, 0.2) is 0 Å². The predicted octanol–water partition coefficient (Wildman–Crippen LogP) is 3.78. The molecule has 4 heteroatoms. The van der Waals surface area contributed by atoms with E-state index in [9.17, 15) is 4.79 Å². The molecule has 2 fully saturated rings. The van der Waals surface area contributed by atoms with Gasteiger partial charge in [0, 0.05) is 13.2 Å². The number of hydrogen-bond acceptors (Lipinski definition) is 3. The van der Waals surface area contributed by atoms with Crippen molar-refractivity contribution in [3.63, 3.8) is 0 Å². The van der Waals surface area contributed by atoms with E-state index in [-0.39, 0.29) is 0 Å². The first-order valence-corrected chi connectivity index (χ1v) is 8.68. The first-order chi connectivity index (χ1) is 10.2. The highest BCUT2D eigenvalue weighted by molar-refractivity contribution is 5.80. The molecule has 1 unspecified atom stereocenters. The van der Waals surface area contributed by atoms with Crippen LogP contribution in [0.4, 0.5) is 0 Å². The summed E-state index contributed by atoms with van der Waals surface area (Å²) in [6, 6.07) is 0. The Morgan fingerprint density at radius 2 is 1.71 bits per heavy atom. The number of ether oxygens (including phenoxy) is 2. The fourth-order valence-electron chi connectivity index (χ4n) is 3.28. The maximum absolute atomic E-state index is 10.9. The molecule has 0 aromatic rings. The molecular weight excluding hydrogens is 268 g/mol. The van der Waals surface area contributed by atoms with Crippen molar-refractivity contribution < 1.29 is 19.4 Å². The van der Waals surface area contributed by atoms with Crippen LogP contribution >= 0.6 is 0 Å². The molecule has 1 saturated heterocycles. The van der Waals surface area contributed by atoms with E-state index < -0.39 is 11.6 Å². The van der Waals surface area contributed by atoms with Crippen LogP contribution in [-0.2, 0) is 14.3 Å². The van der Waals surface area contributed by atoms with Crippen LogP contribution in [0.25, 0.3) is 0 Å². The van der Waals surface area contributed by atoms with Crippen molar-refractivity contribution in [2.75, 3.05) is 19.8 Å². The molecule has 1 aliphatic carbocycles. The summed E-state index contributed by atoms with van der Waals surface area (Å²) in [5.74, 6) is 0.00770.